The Hall–Kier alpha value is -2.85. The number of likely N-dealkylation sites (N-methyl/N-ethyl adjacent to an activating group) is 1. The highest BCUT2D eigenvalue weighted by Crippen LogP contribution is 2.44. The highest BCUT2D eigenvalue weighted by Gasteiger charge is 2.36. The Kier molecular flexibility index (Phi) is 6.66. The van der Waals surface area contributed by atoms with Gasteiger partial charge in [-0.15, -0.1) is 12.4 Å². The number of rotatable bonds is 4. The number of aliphatic hydroxyl groups excluding tert-OH is 1. The molecule has 1 aliphatic heterocycles. The molecule has 2 aromatic carbocycles. The molecule has 170 valence electrons. The molecule has 3 N–H and O–H groups in total. The Balaban J connectivity index is 0.00000289. The van der Waals surface area contributed by atoms with Crippen LogP contribution in [-0.2, 0) is 0 Å². The number of hydrogen-bond donors (Lipinski definition) is 3. The quantitative estimate of drug-likeness (QED) is 0.378. The van der Waals surface area contributed by atoms with E-state index in [0.29, 0.717) is 18.5 Å². The third-order valence-corrected chi connectivity index (χ3v) is 6.12. The van der Waals surface area contributed by atoms with Crippen molar-refractivity contribution in [3.8, 4) is 22.8 Å². The smallest absolute Gasteiger partial charge is 0.270 e. The number of fused-ring (bicyclic) bond motifs is 1. The maximum atomic E-state index is 12.9. The number of non-ortho nitro benzene ring substituents is 1. The van der Waals surface area contributed by atoms with Crippen LogP contribution < -0.4 is 5.43 Å². The summed E-state index contributed by atoms with van der Waals surface area (Å²) in [5.41, 5.74) is -0.215. The molecule has 1 fully saturated rings. The van der Waals surface area contributed by atoms with E-state index < -0.39 is 16.1 Å². The van der Waals surface area contributed by atoms with Crippen LogP contribution in [0.2, 0.25) is 5.02 Å². The average Bonchev–Trinajstić information content (AvgIpc) is 3.07. The number of phenols is 2. The van der Waals surface area contributed by atoms with Crippen LogP contribution in [0, 0.1) is 10.1 Å². The summed E-state index contributed by atoms with van der Waals surface area (Å²) in [4.78, 5) is 25.2. The van der Waals surface area contributed by atoms with E-state index in [2.05, 4.69) is 0 Å². The second-order valence-electron chi connectivity index (χ2n) is 7.55. The molecule has 0 aliphatic carbocycles. The number of benzene rings is 2. The van der Waals surface area contributed by atoms with E-state index in [1.165, 1.54) is 12.1 Å². The first-order chi connectivity index (χ1) is 14.7. The summed E-state index contributed by atoms with van der Waals surface area (Å²) in [5, 5.41) is 41.7. The van der Waals surface area contributed by atoms with Gasteiger partial charge in [0.2, 0.25) is 0 Å². The number of nitro groups is 1. The molecule has 3 aromatic rings. The van der Waals surface area contributed by atoms with Gasteiger partial charge < -0.3 is 24.6 Å². The second kappa shape index (κ2) is 8.95. The molecular weight excluding hydrogens is 463 g/mol. The summed E-state index contributed by atoms with van der Waals surface area (Å²) in [6.07, 6.45) is 0.599. The molecule has 32 heavy (non-hydrogen) atoms. The number of aliphatic hydroxyl groups is 1. The molecule has 1 aliphatic rings. The predicted octanol–water partition coefficient (Wildman–Crippen LogP) is 3.63. The first kappa shape index (κ1) is 23.8. The van der Waals surface area contributed by atoms with Gasteiger partial charge >= 0.3 is 0 Å². The Labute approximate surface area is 193 Å². The van der Waals surface area contributed by atoms with E-state index in [-0.39, 0.29) is 69.7 Å². The van der Waals surface area contributed by atoms with Gasteiger partial charge in [-0.2, -0.15) is 0 Å². The lowest BCUT2D eigenvalue weighted by Gasteiger charge is -2.24. The molecule has 2 heterocycles. The van der Waals surface area contributed by atoms with Crippen LogP contribution in [0.3, 0.4) is 0 Å². The van der Waals surface area contributed by atoms with Crippen molar-refractivity contribution >= 4 is 40.7 Å². The second-order valence-corrected chi connectivity index (χ2v) is 7.96. The lowest BCUT2D eigenvalue weighted by Crippen LogP contribution is -2.32. The van der Waals surface area contributed by atoms with Crippen molar-refractivity contribution in [2.45, 2.75) is 18.4 Å². The fourth-order valence-corrected chi connectivity index (χ4v) is 4.51. The first-order valence-corrected chi connectivity index (χ1v) is 9.88. The van der Waals surface area contributed by atoms with E-state index in [1.54, 1.807) is 0 Å². The van der Waals surface area contributed by atoms with Gasteiger partial charge in [0, 0.05) is 47.4 Å². The first-order valence-electron chi connectivity index (χ1n) is 9.51. The summed E-state index contributed by atoms with van der Waals surface area (Å²) in [6, 6.07) is 5.68. The number of aromatic hydroxyl groups is 2. The monoisotopic (exact) mass is 482 g/mol. The lowest BCUT2D eigenvalue weighted by atomic mass is 9.89. The maximum Gasteiger partial charge on any atom is 0.270 e. The molecule has 9 nitrogen and oxygen atoms in total. The van der Waals surface area contributed by atoms with Crippen molar-refractivity contribution in [1.82, 2.24) is 4.90 Å². The number of phenolic OH excluding ortho intramolecular Hbond substituents is 2. The number of nitrogens with zero attached hydrogens (tertiary/aromatic N) is 2. The van der Waals surface area contributed by atoms with Gasteiger partial charge in [0.05, 0.1) is 16.6 Å². The molecule has 0 bridgehead atoms. The lowest BCUT2D eigenvalue weighted by molar-refractivity contribution is -0.384. The van der Waals surface area contributed by atoms with Gasteiger partial charge in [-0.25, -0.2) is 0 Å². The van der Waals surface area contributed by atoms with Crippen molar-refractivity contribution in [1.29, 1.82) is 0 Å². The minimum atomic E-state index is -0.591. The highest BCUT2D eigenvalue weighted by atomic mass is 35.5. The molecule has 2 unspecified atom stereocenters. The molecule has 1 aromatic heterocycles. The minimum absolute atomic E-state index is 0. The molecule has 0 amide bonds. The van der Waals surface area contributed by atoms with Crippen LogP contribution in [0.5, 0.6) is 11.5 Å². The third kappa shape index (κ3) is 3.88. The summed E-state index contributed by atoms with van der Waals surface area (Å²) >= 11 is 6.20. The van der Waals surface area contributed by atoms with E-state index in [1.807, 2.05) is 11.9 Å². The number of nitro benzene ring substituents is 1. The van der Waals surface area contributed by atoms with E-state index in [9.17, 15) is 30.2 Å². The van der Waals surface area contributed by atoms with Gasteiger partial charge in [-0.3, -0.25) is 14.9 Å². The van der Waals surface area contributed by atoms with E-state index in [4.69, 9.17) is 16.0 Å². The zero-order valence-corrected chi connectivity index (χ0v) is 18.4. The van der Waals surface area contributed by atoms with Crippen LogP contribution in [-0.4, -0.2) is 51.4 Å². The molecular formula is C21H20Cl2N2O7. The standard InChI is InChI=1S/C21H19ClN2O7.ClH/c1-23-5-4-12(14(23)9-25)19-15(26)7-16(27)20-17(28)8-18(31-21(19)20)11-3-2-10(24(29)30)6-13(11)22;/h2-3,6-8,12,14,25-27H,4-5,9H2,1H3;1H. The molecule has 1 saturated heterocycles. The SMILES string of the molecule is CN1CCC(c2c(O)cc(O)c3c(=O)cc(-c4ccc([N+](=O)[O-])cc4Cl)oc23)C1CO.Cl. The zero-order valence-electron chi connectivity index (χ0n) is 16.8. The zero-order chi connectivity index (χ0) is 22.4. The fraction of sp³-hybridized carbons (Fsp3) is 0.286. The Morgan fingerprint density at radius 2 is 1.97 bits per heavy atom. The number of likely N-dealkylation sites (tertiary alicyclic amines) is 1. The summed E-state index contributed by atoms with van der Waals surface area (Å²) < 4.78 is 5.97. The van der Waals surface area contributed by atoms with Gasteiger partial charge in [-0.1, -0.05) is 11.6 Å². The molecule has 2 atom stereocenters. The van der Waals surface area contributed by atoms with Crippen LogP contribution >= 0.6 is 24.0 Å². The Bertz CT molecular complexity index is 1260. The largest absolute Gasteiger partial charge is 0.507 e. The summed E-state index contributed by atoms with van der Waals surface area (Å²) in [5.74, 6) is -0.989. The maximum absolute atomic E-state index is 12.9. The van der Waals surface area contributed by atoms with Gasteiger partial charge in [0.1, 0.15) is 28.2 Å². The average molecular weight is 483 g/mol. The van der Waals surface area contributed by atoms with Crippen molar-refractivity contribution in [3.63, 3.8) is 0 Å². The minimum Gasteiger partial charge on any atom is -0.507 e. The van der Waals surface area contributed by atoms with Crippen molar-refractivity contribution in [2.24, 2.45) is 0 Å². The normalized spacial score (nSPS) is 18.6. The molecule has 4 rings (SSSR count). The highest BCUT2D eigenvalue weighted by molar-refractivity contribution is 6.33. The molecule has 11 heteroatoms. The Morgan fingerprint density at radius 3 is 2.59 bits per heavy atom. The number of hydrogen-bond acceptors (Lipinski definition) is 8. The topological polar surface area (TPSA) is 137 Å². The van der Waals surface area contributed by atoms with E-state index >= 15 is 0 Å². The number of halogens is 2. The van der Waals surface area contributed by atoms with Crippen LogP contribution in [0.4, 0.5) is 5.69 Å². The van der Waals surface area contributed by atoms with Crippen molar-refractivity contribution in [3.05, 3.63) is 61.3 Å². The molecule has 0 radical (unpaired) electrons. The van der Waals surface area contributed by atoms with Crippen molar-refractivity contribution < 1.29 is 24.7 Å². The summed E-state index contributed by atoms with van der Waals surface area (Å²) in [6.45, 7) is 0.497. The van der Waals surface area contributed by atoms with Gasteiger partial charge in [0.25, 0.3) is 5.69 Å². The fourth-order valence-electron chi connectivity index (χ4n) is 4.24. The summed E-state index contributed by atoms with van der Waals surface area (Å²) in [7, 11) is 1.85. The van der Waals surface area contributed by atoms with Crippen LogP contribution in [0.15, 0.2) is 39.5 Å². The molecule has 0 saturated carbocycles. The van der Waals surface area contributed by atoms with Gasteiger partial charge in [-0.05, 0) is 26.1 Å². The van der Waals surface area contributed by atoms with Crippen LogP contribution in [0.25, 0.3) is 22.3 Å². The predicted molar refractivity (Wildman–Crippen MR) is 121 cm³/mol. The van der Waals surface area contributed by atoms with E-state index in [0.717, 1.165) is 18.2 Å². The van der Waals surface area contributed by atoms with Crippen molar-refractivity contribution in [2.75, 3.05) is 20.2 Å². The third-order valence-electron chi connectivity index (χ3n) is 5.81. The van der Waals surface area contributed by atoms with Gasteiger partial charge in [0.15, 0.2) is 5.43 Å². The van der Waals surface area contributed by atoms with Crippen LogP contribution in [0.1, 0.15) is 17.9 Å². The Morgan fingerprint density at radius 1 is 1.25 bits per heavy atom. The molecule has 0 spiro atoms.